The van der Waals surface area contributed by atoms with Crippen molar-refractivity contribution in [2.45, 2.75) is 12.6 Å². The van der Waals surface area contributed by atoms with Crippen molar-refractivity contribution in [3.05, 3.63) is 24.0 Å². The van der Waals surface area contributed by atoms with Gasteiger partial charge in [0.2, 0.25) is 0 Å². The zero-order valence-electron chi connectivity index (χ0n) is 12.2. The van der Waals surface area contributed by atoms with E-state index in [2.05, 4.69) is 0 Å². The first-order valence-electron chi connectivity index (χ1n) is 6.78. The monoisotopic (exact) mass is 296 g/mol. The van der Waals surface area contributed by atoms with Crippen LogP contribution >= 0.6 is 0 Å². The maximum absolute atomic E-state index is 12.6. The minimum absolute atomic E-state index is 0.141. The number of carboxylic acids is 1. The maximum atomic E-state index is 12.6. The molecular weight excluding hydrogens is 276 g/mol. The van der Waals surface area contributed by atoms with Crippen molar-refractivity contribution in [2.24, 2.45) is 5.92 Å². The second kappa shape index (κ2) is 6.73. The van der Waals surface area contributed by atoms with Crippen LogP contribution in [0.3, 0.4) is 0 Å². The van der Waals surface area contributed by atoms with Crippen molar-refractivity contribution in [2.75, 3.05) is 34.0 Å². The molecule has 1 saturated heterocycles. The molecule has 0 radical (unpaired) electrons. The molecule has 1 N–H and O–H groups in total. The van der Waals surface area contributed by atoms with Crippen LogP contribution in [0.4, 0.5) is 0 Å². The molecule has 1 aromatic rings. The van der Waals surface area contributed by atoms with Crippen molar-refractivity contribution in [3.8, 4) is 0 Å². The number of ether oxygens (including phenoxy) is 2. The lowest BCUT2D eigenvalue weighted by Gasteiger charge is -2.26. The highest BCUT2D eigenvalue weighted by molar-refractivity contribution is 5.93. The minimum atomic E-state index is -0.938. The Morgan fingerprint density at radius 1 is 1.52 bits per heavy atom. The molecule has 0 spiro atoms. The van der Waals surface area contributed by atoms with Crippen LogP contribution in [0.25, 0.3) is 0 Å². The van der Waals surface area contributed by atoms with E-state index in [0.717, 1.165) is 0 Å². The third-order valence-electron chi connectivity index (χ3n) is 3.77. The van der Waals surface area contributed by atoms with Crippen LogP contribution in [0, 0.1) is 5.92 Å². The lowest BCUT2D eigenvalue weighted by atomic mass is 10.0. The lowest BCUT2D eigenvalue weighted by molar-refractivity contribution is -0.142. The van der Waals surface area contributed by atoms with Crippen LogP contribution in [0.1, 0.15) is 10.5 Å². The predicted molar refractivity (Wildman–Crippen MR) is 74.1 cm³/mol. The van der Waals surface area contributed by atoms with E-state index in [1.807, 2.05) is 0 Å². The summed E-state index contributed by atoms with van der Waals surface area (Å²) in [6, 6.07) is 3.07. The number of hydrogen-bond donors (Lipinski definition) is 1. The van der Waals surface area contributed by atoms with E-state index in [1.54, 1.807) is 37.1 Å². The van der Waals surface area contributed by atoms with Gasteiger partial charge in [-0.3, -0.25) is 9.59 Å². The number of carbonyl (C=O) groups excluding carboxylic acids is 1. The molecule has 116 valence electrons. The van der Waals surface area contributed by atoms with Crippen molar-refractivity contribution in [3.63, 3.8) is 0 Å². The Balaban J connectivity index is 2.12. The molecule has 0 aliphatic carbocycles. The van der Waals surface area contributed by atoms with Crippen LogP contribution in [0.5, 0.6) is 0 Å². The number of carboxylic acid groups (broad SMARTS) is 1. The fourth-order valence-electron chi connectivity index (χ4n) is 2.48. The van der Waals surface area contributed by atoms with Gasteiger partial charge >= 0.3 is 5.97 Å². The predicted octanol–water partition coefficient (Wildman–Crippen LogP) is 0.306. The van der Waals surface area contributed by atoms with Crippen molar-refractivity contribution >= 4 is 11.9 Å². The van der Waals surface area contributed by atoms with Crippen LogP contribution in [-0.2, 0) is 20.8 Å². The van der Waals surface area contributed by atoms with Gasteiger partial charge in [-0.25, -0.2) is 0 Å². The molecule has 2 unspecified atom stereocenters. The van der Waals surface area contributed by atoms with Gasteiger partial charge < -0.3 is 24.0 Å². The zero-order chi connectivity index (χ0) is 15.4. The molecule has 2 atom stereocenters. The Hall–Kier alpha value is -1.86. The first-order chi connectivity index (χ1) is 10.1. The molecule has 1 aliphatic rings. The number of likely N-dealkylation sites (N-methyl/N-ethyl adjacent to an activating group) is 1. The summed E-state index contributed by atoms with van der Waals surface area (Å²) in [5.74, 6) is -1.83. The number of nitrogens with zero attached hydrogens (tertiary/aromatic N) is 2. The van der Waals surface area contributed by atoms with E-state index in [9.17, 15) is 14.7 Å². The lowest BCUT2D eigenvalue weighted by Crippen LogP contribution is -2.44. The first-order valence-corrected chi connectivity index (χ1v) is 6.78. The molecule has 1 aromatic heterocycles. The Bertz CT molecular complexity index is 513. The van der Waals surface area contributed by atoms with Gasteiger partial charge in [-0.1, -0.05) is 0 Å². The average molecular weight is 296 g/mol. The van der Waals surface area contributed by atoms with E-state index in [0.29, 0.717) is 18.8 Å². The smallest absolute Gasteiger partial charge is 0.311 e. The standard InChI is InChI=1S/C14H20N2O5/c1-15(12-9-21-8-10(12)14(18)19)13(17)11-4-3-5-16(11)6-7-20-2/h3-5,10,12H,6-9H2,1-2H3,(H,18,19). The molecule has 7 heteroatoms. The zero-order valence-corrected chi connectivity index (χ0v) is 12.2. The minimum Gasteiger partial charge on any atom is -0.481 e. The van der Waals surface area contributed by atoms with Gasteiger partial charge in [0.15, 0.2) is 0 Å². The van der Waals surface area contributed by atoms with E-state index in [-0.39, 0.29) is 19.1 Å². The summed E-state index contributed by atoms with van der Waals surface area (Å²) < 4.78 is 12.0. The molecular formula is C14H20N2O5. The quantitative estimate of drug-likeness (QED) is 0.817. The van der Waals surface area contributed by atoms with Gasteiger partial charge in [0, 0.05) is 26.9 Å². The fourth-order valence-corrected chi connectivity index (χ4v) is 2.48. The third kappa shape index (κ3) is 3.25. The Morgan fingerprint density at radius 2 is 2.29 bits per heavy atom. The molecule has 0 bridgehead atoms. The highest BCUT2D eigenvalue weighted by Gasteiger charge is 2.39. The summed E-state index contributed by atoms with van der Waals surface area (Å²) in [4.78, 5) is 25.2. The number of methoxy groups -OCH3 is 1. The first kappa shape index (κ1) is 15.5. The molecule has 2 heterocycles. The summed E-state index contributed by atoms with van der Waals surface area (Å²) in [5.41, 5.74) is 0.519. The Morgan fingerprint density at radius 3 is 2.95 bits per heavy atom. The Labute approximate surface area is 123 Å². The topological polar surface area (TPSA) is 81.0 Å². The van der Waals surface area contributed by atoms with E-state index >= 15 is 0 Å². The largest absolute Gasteiger partial charge is 0.481 e. The van der Waals surface area contributed by atoms with Gasteiger partial charge in [-0.05, 0) is 12.1 Å². The van der Waals surface area contributed by atoms with Crippen LogP contribution in [-0.4, -0.2) is 66.5 Å². The second-order valence-corrected chi connectivity index (χ2v) is 5.05. The van der Waals surface area contributed by atoms with E-state index < -0.39 is 17.9 Å². The van der Waals surface area contributed by atoms with Gasteiger partial charge in [-0.15, -0.1) is 0 Å². The summed E-state index contributed by atoms with van der Waals surface area (Å²) in [6.45, 7) is 1.46. The third-order valence-corrected chi connectivity index (χ3v) is 3.77. The fraction of sp³-hybridized carbons (Fsp3) is 0.571. The molecule has 0 aromatic carbocycles. The highest BCUT2D eigenvalue weighted by Crippen LogP contribution is 2.21. The van der Waals surface area contributed by atoms with Crippen LogP contribution < -0.4 is 0 Å². The van der Waals surface area contributed by atoms with Crippen LogP contribution in [0.15, 0.2) is 18.3 Å². The van der Waals surface area contributed by atoms with Crippen molar-refractivity contribution in [1.82, 2.24) is 9.47 Å². The van der Waals surface area contributed by atoms with Crippen LogP contribution in [0.2, 0.25) is 0 Å². The average Bonchev–Trinajstić information content (AvgIpc) is 3.11. The molecule has 0 saturated carbocycles. The maximum Gasteiger partial charge on any atom is 0.311 e. The van der Waals surface area contributed by atoms with E-state index in [4.69, 9.17) is 9.47 Å². The van der Waals surface area contributed by atoms with Gasteiger partial charge in [-0.2, -0.15) is 0 Å². The number of aromatic nitrogens is 1. The summed E-state index contributed by atoms with van der Waals surface area (Å²) in [6.07, 6.45) is 1.81. The molecule has 21 heavy (non-hydrogen) atoms. The molecule has 7 nitrogen and oxygen atoms in total. The SMILES string of the molecule is COCCn1cccc1C(=O)N(C)C1COCC1C(=O)O. The van der Waals surface area contributed by atoms with E-state index in [1.165, 1.54) is 4.90 Å². The normalized spacial score (nSPS) is 21.4. The number of rotatable bonds is 6. The van der Waals surface area contributed by atoms with Gasteiger partial charge in [0.25, 0.3) is 5.91 Å². The molecule has 1 amide bonds. The molecule has 1 aliphatic heterocycles. The molecule has 1 fully saturated rings. The summed E-state index contributed by atoms with van der Waals surface area (Å²) in [7, 11) is 3.22. The second-order valence-electron chi connectivity index (χ2n) is 5.05. The summed E-state index contributed by atoms with van der Waals surface area (Å²) >= 11 is 0. The molecule has 2 rings (SSSR count). The number of aliphatic carboxylic acids is 1. The van der Waals surface area contributed by atoms with Crippen molar-refractivity contribution < 1.29 is 24.2 Å². The Kier molecular flexibility index (Phi) is 4.98. The van der Waals surface area contributed by atoms with Gasteiger partial charge in [0.05, 0.1) is 25.9 Å². The number of hydrogen-bond acceptors (Lipinski definition) is 4. The number of carbonyl (C=O) groups is 2. The van der Waals surface area contributed by atoms with Gasteiger partial charge in [0.1, 0.15) is 11.6 Å². The summed E-state index contributed by atoms with van der Waals surface area (Å²) in [5, 5.41) is 9.18. The highest BCUT2D eigenvalue weighted by atomic mass is 16.5. The van der Waals surface area contributed by atoms with Crippen molar-refractivity contribution in [1.29, 1.82) is 0 Å². The number of amides is 1.